The van der Waals surface area contributed by atoms with E-state index in [2.05, 4.69) is 4.98 Å². The molecule has 4 nitrogen and oxygen atoms in total. The Morgan fingerprint density at radius 3 is 2.56 bits per heavy atom. The number of pyridine rings is 1. The number of ketones is 1. The molecule has 0 saturated heterocycles. The van der Waals surface area contributed by atoms with Gasteiger partial charge in [0.2, 0.25) is 5.78 Å². The van der Waals surface area contributed by atoms with Crippen molar-refractivity contribution in [3.63, 3.8) is 0 Å². The Bertz CT molecular complexity index is 1270. The van der Waals surface area contributed by atoms with E-state index in [1.54, 1.807) is 48.5 Å². The zero-order chi connectivity index (χ0) is 22.7. The smallest absolute Gasteiger partial charge is 0.314 e. The normalized spacial score (nSPS) is 12.1. The van der Waals surface area contributed by atoms with Gasteiger partial charge in [-0.25, -0.2) is 9.37 Å². The molecule has 0 saturated carbocycles. The second kappa shape index (κ2) is 9.40. The van der Waals surface area contributed by atoms with E-state index in [1.807, 2.05) is 25.3 Å². The Morgan fingerprint density at radius 2 is 1.81 bits per heavy atom. The van der Waals surface area contributed by atoms with E-state index < -0.39 is 5.92 Å². The fourth-order valence-electron chi connectivity index (χ4n) is 3.63. The van der Waals surface area contributed by atoms with Gasteiger partial charge in [-0.3, -0.25) is 9.59 Å². The Morgan fingerprint density at radius 1 is 1.03 bits per heavy atom. The first-order valence-corrected chi connectivity index (χ1v) is 11.2. The maximum atomic E-state index is 13.6. The second-order valence-electron chi connectivity index (χ2n) is 7.87. The number of hydrogen-bond acceptors (Lipinski definition) is 5. The van der Waals surface area contributed by atoms with Gasteiger partial charge in [0.15, 0.2) is 0 Å². The molecule has 2 aromatic carbocycles. The van der Waals surface area contributed by atoms with Crippen LogP contribution in [0.15, 0.2) is 72.1 Å². The topological polar surface area (TPSA) is 56.3 Å². The lowest BCUT2D eigenvalue weighted by Crippen LogP contribution is -2.20. The molecule has 4 rings (SSSR count). The molecule has 0 N–H and O–H groups in total. The van der Waals surface area contributed by atoms with Crippen LogP contribution in [0.25, 0.3) is 10.8 Å². The van der Waals surface area contributed by atoms with Crippen molar-refractivity contribution in [2.45, 2.75) is 26.4 Å². The first-order valence-electron chi connectivity index (χ1n) is 10.3. The summed E-state index contributed by atoms with van der Waals surface area (Å²) in [6.07, 6.45) is 0. The van der Waals surface area contributed by atoms with Crippen molar-refractivity contribution in [3.8, 4) is 0 Å². The summed E-state index contributed by atoms with van der Waals surface area (Å²) in [5, 5.41) is 3.49. The number of carbonyl (C=O) groups is 2. The number of nitrogens with zero attached hydrogens (tertiary/aromatic N) is 1. The highest BCUT2D eigenvalue weighted by atomic mass is 32.1. The highest BCUT2D eigenvalue weighted by Gasteiger charge is 2.29. The molecule has 0 bridgehead atoms. The van der Waals surface area contributed by atoms with Gasteiger partial charge in [-0.05, 0) is 46.3 Å². The molecule has 0 radical (unpaired) electrons. The van der Waals surface area contributed by atoms with Gasteiger partial charge in [0.1, 0.15) is 18.1 Å². The number of ether oxygens (including phenoxy) is 1. The van der Waals surface area contributed by atoms with Crippen LogP contribution >= 0.6 is 11.3 Å². The SMILES string of the molecule is CC(C)C(C(=O)OCc1cccc(C(=O)c2ccccc2)n1)c1scc2cc(F)ccc12. The van der Waals surface area contributed by atoms with Crippen LogP contribution in [-0.4, -0.2) is 16.7 Å². The molecule has 0 fully saturated rings. The lowest BCUT2D eigenvalue weighted by atomic mass is 9.92. The molecule has 1 unspecified atom stereocenters. The predicted molar refractivity (Wildman–Crippen MR) is 123 cm³/mol. The second-order valence-corrected chi connectivity index (χ2v) is 8.78. The molecule has 2 aromatic heterocycles. The summed E-state index contributed by atoms with van der Waals surface area (Å²) in [5.74, 6) is -1.34. The van der Waals surface area contributed by atoms with E-state index in [9.17, 15) is 14.0 Å². The van der Waals surface area contributed by atoms with Crippen molar-refractivity contribution in [2.75, 3.05) is 0 Å². The summed E-state index contributed by atoms with van der Waals surface area (Å²) in [7, 11) is 0. The average Bonchev–Trinajstić information content (AvgIpc) is 3.20. The summed E-state index contributed by atoms with van der Waals surface area (Å²) in [6, 6.07) is 18.6. The highest BCUT2D eigenvalue weighted by Crippen LogP contribution is 2.37. The summed E-state index contributed by atoms with van der Waals surface area (Å²) < 4.78 is 19.2. The molecule has 0 amide bonds. The number of halogens is 1. The van der Waals surface area contributed by atoms with Crippen LogP contribution in [0.2, 0.25) is 0 Å². The van der Waals surface area contributed by atoms with Gasteiger partial charge >= 0.3 is 5.97 Å². The van der Waals surface area contributed by atoms with Crippen molar-refractivity contribution < 1.29 is 18.7 Å². The minimum absolute atomic E-state index is 0.00615. The van der Waals surface area contributed by atoms with Crippen LogP contribution in [0.4, 0.5) is 4.39 Å². The van der Waals surface area contributed by atoms with Gasteiger partial charge in [-0.2, -0.15) is 0 Å². The van der Waals surface area contributed by atoms with E-state index in [0.717, 1.165) is 15.6 Å². The largest absolute Gasteiger partial charge is 0.459 e. The minimum Gasteiger partial charge on any atom is -0.459 e. The van der Waals surface area contributed by atoms with Crippen molar-refractivity contribution >= 4 is 33.9 Å². The van der Waals surface area contributed by atoms with Crippen molar-refractivity contribution in [1.82, 2.24) is 4.98 Å². The van der Waals surface area contributed by atoms with E-state index in [-0.39, 0.29) is 30.1 Å². The zero-order valence-electron chi connectivity index (χ0n) is 17.7. The van der Waals surface area contributed by atoms with Gasteiger partial charge in [-0.1, -0.05) is 56.3 Å². The monoisotopic (exact) mass is 447 g/mol. The number of hydrogen-bond donors (Lipinski definition) is 0. The molecule has 0 aliphatic heterocycles. The van der Waals surface area contributed by atoms with Crippen LogP contribution in [0, 0.1) is 11.7 Å². The van der Waals surface area contributed by atoms with Crippen molar-refractivity contribution in [2.24, 2.45) is 5.92 Å². The number of thiophene rings is 1. The fourth-order valence-corrected chi connectivity index (χ4v) is 4.90. The number of benzene rings is 2. The zero-order valence-corrected chi connectivity index (χ0v) is 18.6. The van der Waals surface area contributed by atoms with Crippen LogP contribution in [0.3, 0.4) is 0 Å². The van der Waals surface area contributed by atoms with E-state index in [0.29, 0.717) is 17.0 Å². The Labute approximate surface area is 189 Å². The highest BCUT2D eigenvalue weighted by molar-refractivity contribution is 7.11. The number of carbonyl (C=O) groups excluding carboxylic acids is 2. The first-order chi connectivity index (χ1) is 15.4. The number of esters is 1. The molecular weight excluding hydrogens is 425 g/mol. The third-order valence-corrected chi connectivity index (χ3v) is 6.33. The van der Waals surface area contributed by atoms with Gasteiger partial charge < -0.3 is 4.74 Å². The summed E-state index contributed by atoms with van der Waals surface area (Å²) in [4.78, 5) is 30.9. The van der Waals surface area contributed by atoms with Gasteiger partial charge in [0.25, 0.3) is 0 Å². The van der Waals surface area contributed by atoms with E-state index in [1.165, 1.54) is 23.5 Å². The third kappa shape index (κ3) is 4.60. The van der Waals surface area contributed by atoms with E-state index >= 15 is 0 Å². The number of rotatable bonds is 7. The van der Waals surface area contributed by atoms with Crippen LogP contribution < -0.4 is 0 Å². The first kappa shape index (κ1) is 21.8. The molecule has 0 spiro atoms. The standard InChI is InChI=1S/C26H22FNO3S/c1-16(2)23(25-21-12-11-19(27)13-18(21)15-32-25)26(30)31-14-20-9-6-10-22(28-20)24(29)17-7-4-3-5-8-17/h3-13,15-16,23H,14H2,1-2H3. The molecule has 0 aliphatic rings. The maximum Gasteiger partial charge on any atom is 0.314 e. The fraction of sp³-hybridized carbons (Fsp3) is 0.192. The molecule has 32 heavy (non-hydrogen) atoms. The maximum absolute atomic E-state index is 13.6. The van der Waals surface area contributed by atoms with Crippen LogP contribution in [0.1, 0.15) is 46.4 Å². The quantitative estimate of drug-likeness (QED) is 0.252. The summed E-state index contributed by atoms with van der Waals surface area (Å²) in [6.45, 7) is 3.88. The van der Waals surface area contributed by atoms with Gasteiger partial charge in [-0.15, -0.1) is 11.3 Å². The molecule has 1 atom stereocenters. The lowest BCUT2D eigenvalue weighted by Gasteiger charge is -2.19. The summed E-state index contributed by atoms with van der Waals surface area (Å²) in [5.41, 5.74) is 1.35. The molecule has 162 valence electrons. The Kier molecular flexibility index (Phi) is 6.42. The van der Waals surface area contributed by atoms with Crippen molar-refractivity contribution in [3.05, 3.63) is 99.8 Å². The molecule has 0 aliphatic carbocycles. The van der Waals surface area contributed by atoms with Gasteiger partial charge in [0.05, 0.1) is 11.6 Å². The number of aromatic nitrogens is 1. The summed E-state index contributed by atoms with van der Waals surface area (Å²) >= 11 is 1.43. The molecule has 6 heteroatoms. The van der Waals surface area contributed by atoms with Crippen LogP contribution in [-0.2, 0) is 16.1 Å². The molecular formula is C26H22FNO3S. The number of fused-ring (bicyclic) bond motifs is 1. The van der Waals surface area contributed by atoms with Crippen molar-refractivity contribution in [1.29, 1.82) is 0 Å². The third-order valence-electron chi connectivity index (χ3n) is 5.23. The minimum atomic E-state index is -0.475. The van der Waals surface area contributed by atoms with Crippen LogP contribution in [0.5, 0.6) is 0 Å². The molecule has 4 aromatic rings. The van der Waals surface area contributed by atoms with Gasteiger partial charge in [0, 0.05) is 10.4 Å². The van der Waals surface area contributed by atoms with E-state index in [4.69, 9.17) is 4.74 Å². The average molecular weight is 448 g/mol. The predicted octanol–water partition coefficient (Wildman–Crippen LogP) is 6.15. The molecule has 2 heterocycles. The Balaban J connectivity index is 1.51. The lowest BCUT2D eigenvalue weighted by molar-refractivity contribution is -0.148. The Hall–Kier alpha value is -3.38.